The summed E-state index contributed by atoms with van der Waals surface area (Å²) >= 11 is 0. The van der Waals surface area contributed by atoms with E-state index in [-0.39, 0.29) is 18.0 Å². The van der Waals surface area contributed by atoms with Crippen LogP contribution in [0.4, 0.5) is 5.82 Å². The van der Waals surface area contributed by atoms with E-state index in [0.717, 1.165) is 25.9 Å². The van der Waals surface area contributed by atoms with Crippen molar-refractivity contribution in [1.29, 1.82) is 0 Å². The molecule has 0 bridgehead atoms. The van der Waals surface area contributed by atoms with Gasteiger partial charge in [0, 0.05) is 24.8 Å². The molecule has 1 atom stereocenters. The molecule has 104 valence electrons. The Balaban J connectivity index is 2.05. The van der Waals surface area contributed by atoms with Crippen molar-refractivity contribution in [3.63, 3.8) is 0 Å². The number of carbonyl (C=O) groups is 1. The molecule has 0 aromatic carbocycles. The predicted octanol–water partition coefficient (Wildman–Crippen LogP) is 1.38. The van der Waals surface area contributed by atoms with Gasteiger partial charge in [-0.2, -0.15) is 0 Å². The molecule has 3 N–H and O–H groups in total. The lowest BCUT2D eigenvalue weighted by Crippen LogP contribution is -2.45. The Hall–Kier alpha value is -1.62. The monoisotopic (exact) mass is 262 g/mol. The molecule has 1 aromatic heterocycles. The molecule has 1 saturated heterocycles. The van der Waals surface area contributed by atoms with Gasteiger partial charge in [0.25, 0.3) is 5.91 Å². The Bertz CT molecular complexity index is 427. The van der Waals surface area contributed by atoms with Gasteiger partial charge in [0.2, 0.25) is 0 Å². The van der Waals surface area contributed by atoms with E-state index in [1.54, 1.807) is 12.3 Å². The molecule has 1 aromatic rings. The minimum Gasteiger partial charge on any atom is -0.367 e. The van der Waals surface area contributed by atoms with Crippen LogP contribution in [-0.2, 0) is 0 Å². The first kappa shape index (κ1) is 13.8. The van der Waals surface area contributed by atoms with E-state index in [2.05, 4.69) is 20.9 Å². The van der Waals surface area contributed by atoms with Crippen LogP contribution in [0.15, 0.2) is 18.3 Å². The molecule has 2 heterocycles. The van der Waals surface area contributed by atoms with Crippen molar-refractivity contribution in [3.8, 4) is 0 Å². The van der Waals surface area contributed by atoms with Gasteiger partial charge in [-0.3, -0.25) is 4.79 Å². The zero-order chi connectivity index (χ0) is 13.7. The van der Waals surface area contributed by atoms with Crippen LogP contribution in [-0.4, -0.2) is 36.1 Å². The van der Waals surface area contributed by atoms with Gasteiger partial charge in [-0.05, 0) is 45.4 Å². The molecular weight excluding hydrogens is 240 g/mol. The van der Waals surface area contributed by atoms with Gasteiger partial charge in [0.1, 0.15) is 5.82 Å². The van der Waals surface area contributed by atoms with Crippen molar-refractivity contribution < 1.29 is 4.79 Å². The number of nitrogens with zero attached hydrogens (tertiary/aromatic N) is 1. The lowest BCUT2D eigenvalue weighted by Gasteiger charge is -2.24. The van der Waals surface area contributed by atoms with Crippen LogP contribution in [0, 0.1) is 0 Å². The zero-order valence-electron chi connectivity index (χ0n) is 11.6. The molecule has 19 heavy (non-hydrogen) atoms. The molecule has 1 fully saturated rings. The Morgan fingerprint density at radius 2 is 2.37 bits per heavy atom. The molecular formula is C14H22N4O. The maximum Gasteiger partial charge on any atom is 0.255 e. The number of pyridine rings is 1. The number of nitrogens with one attached hydrogen (secondary N) is 3. The molecule has 0 saturated carbocycles. The number of amides is 1. The SMILES string of the molecule is CC(C)Nc1ncccc1C(=O)N[C@H]1CCCNC1. The second-order valence-corrected chi connectivity index (χ2v) is 5.22. The third kappa shape index (κ3) is 3.92. The third-order valence-electron chi connectivity index (χ3n) is 3.11. The van der Waals surface area contributed by atoms with Crippen LogP contribution in [0.5, 0.6) is 0 Å². The van der Waals surface area contributed by atoms with Gasteiger partial charge in [-0.15, -0.1) is 0 Å². The largest absolute Gasteiger partial charge is 0.367 e. The summed E-state index contributed by atoms with van der Waals surface area (Å²) in [5.41, 5.74) is 0.613. The Kier molecular flexibility index (Phi) is 4.74. The first-order chi connectivity index (χ1) is 9.16. The van der Waals surface area contributed by atoms with Crippen LogP contribution in [0.25, 0.3) is 0 Å². The van der Waals surface area contributed by atoms with Gasteiger partial charge >= 0.3 is 0 Å². The van der Waals surface area contributed by atoms with E-state index >= 15 is 0 Å². The predicted molar refractivity (Wildman–Crippen MR) is 76.4 cm³/mol. The van der Waals surface area contributed by atoms with E-state index in [4.69, 9.17) is 0 Å². The Morgan fingerprint density at radius 3 is 3.05 bits per heavy atom. The van der Waals surface area contributed by atoms with Gasteiger partial charge in [0.05, 0.1) is 5.56 Å². The van der Waals surface area contributed by atoms with E-state index in [1.165, 1.54) is 0 Å². The van der Waals surface area contributed by atoms with Crippen LogP contribution in [0.3, 0.4) is 0 Å². The highest BCUT2D eigenvalue weighted by Crippen LogP contribution is 2.13. The normalized spacial score (nSPS) is 19.2. The Morgan fingerprint density at radius 1 is 1.53 bits per heavy atom. The van der Waals surface area contributed by atoms with E-state index in [0.29, 0.717) is 11.4 Å². The molecule has 0 radical (unpaired) electrons. The van der Waals surface area contributed by atoms with Crippen LogP contribution in [0.1, 0.15) is 37.0 Å². The highest BCUT2D eigenvalue weighted by molar-refractivity contribution is 5.98. The highest BCUT2D eigenvalue weighted by atomic mass is 16.1. The quantitative estimate of drug-likeness (QED) is 0.767. The lowest BCUT2D eigenvalue weighted by molar-refractivity contribution is 0.0931. The number of rotatable bonds is 4. The molecule has 1 aliphatic heterocycles. The fraction of sp³-hybridized carbons (Fsp3) is 0.571. The molecule has 2 rings (SSSR count). The van der Waals surface area contributed by atoms with E-state index < -0.39 is 0 Å². The molecule has 0 spiro atoms. The maximum atomic E-state index is 12.3. The van der Waals surface area contributed by atoms with Crippen LogP contribution < -0.4 is 16.0 Å². The van der Waals surface area contributed by atoms with Gasteiger partial charge in [0.15, 0.2) is 0 Å². The lowest BCUT2D eigenvalue weighted by atomic mass is 10.1. The summed E-state index contributed by atoms with van der Waals surface area (Å²) in [5.74, 6) is 0.601. The highest BCUT2D eigenvalue weighted by Gasteiger charge is 2.18. The van der Waals surface area contributed by atoms with Gasteiger partial charge < -0.3 is 16.0 Å². The summed E-state index contributed by atoms with van der Waals surface area (Å²) in [6, 6.07) is 4.06. The molecule has 5 nitrogen and oxygen atoms in total. The fourth-order valence-corrected chi connectivity index (χ4v) is 2.22. The van der Waals surface area contributed by atoms with Crippen molar-refractivity contribution >= 4 is 11.7 Å². The van der Waals surface area contributed by atoms with Crippen LogP contribution in [0.2, 0.25) is 0 Å². The summed E-state index contributed by atoms with van der Waals surface area (Å²) < 4.78 is 0. The summed E-state index contributed by atoms with van der Waals surface area (Å²) in [6.07, 6.45) is 3.84. The average Bonchev–Trinajstić information content (AvgIpc) is 2.39. The molecule has 0 unspecified atom stereocenters. The Labute approximate surface area is 114 Å². The van der Waals surface area contributed by atoms with E-state index in [9.17, 15) is 4.79 Å². The molecule has 0 aliphatic carbocycles. The summed E-state index contributed by atoms with van der Waals surface area (Å²) in [5, 5.41) is 9.56. The number of carbonyl (C=O) groups excluding carboxylic acids is 1. The first-order valence-corrected chi connectivity index (χ1v) is 6.90. The van der Waals surface area contributed by atoms with Crippen molar-refractivity contribution in [2.24, 2.45) is 0 Å². The zero-order valence-corrected chi connectivity index (χ0v) is 11.6. The summed E-state index contributed by atoms with van der Waals surface area (Å²) in [7, 11) is 0. The number of hydrogen-bond donors (Lipinski definition) is 3. The standard InChI is InChI=1S/C14H22N4O/c1-10(2)17-13-12(6-4-8-16-13)14(19)18-11-5-3-7-15-9-11/h4,6,8,10-11,15H,3,5,7,9H2,1-2H3,(H,16,17)(H,18,19)/t11-/m0/s1. The second kappa shape index (κ2) is 6.52. The van der Waals surface area contributed by atoms with Crippen molar-refractivity contribution in [1.82, 2.24) is 15.6 Å². The number of hydrogen-bond acceptors (Lipinski definition) is 4. The van der Waals surface area contributed by atoms with Crippen molar-refractivity contribution in [3.05, 3.63) is 23.9 Å². The average molecular weight is 262 g/mol. The topological polar surface area (TPSA) is 66.0 Å². The summed E-state index contributed by atoms with van der Waals surface area (Å²) in [6.45, 7) is 5.95. The first-order valence-electron chi connectivity index (χ1n) is 6.90. The molecule has 1 amide bonds. The van der Waals surface area contributed by atoms with Crippen molar-refractivity contribution in [2.75, 3.05) is 18.4 Å². The maximum absolute atomic E-state index is 12.3. The minimum atomic E-state index is -0.0510. The number of aromatic nitrogens is 1. The van der Waals surface area contributed by atoms with Crippen molar-refractivity contribution in [2.45, 2.75) is 38.8 Å². The van der Waals surface area contributed by atoms with Gasteiger partial charge in [-0.1, -0.05) is 0 Å². The van der Waals surface area contributed by atoms with Crippen LogP contribution >= 0.6 is 0 Å². The number of anilines is 1. The molecule has 5 heteroatoms. The smallest absolute Gasteiger partial charge is 0.255 e. The minimum absolute atomic E-state index is 0.0510. The molecule has 1 aliphatic rings. The fourth-order valence-electron chi connectivity index (χ4n) is 2.22. The second-order valence-electron chi connectivity index (χ2n) is 5.22. The summed E-state index contributed by atoms with van der Waals surface area (Å²) in [4.78, 5) is 16.5. The van der Waals surface area contributed by atoms with E-state index in [1.807, 2.05) is 19.9 Å². The van der Waals surface area contributed by atoms with Gasteiger partial charge in [-0.25, -0.2) is 4.98 Å². The third-order valence-corrected chi connectivity index (χ3v) is 3.11. The number of piperidine rings is 1.